The van der Waals surface area contributed by atoms with E-state index in [4.69, 9.17) is 16.3 Å². The minimum absolute atomic E-state index is 0.249. The quantitative estimate of drug-likeness (QED) is 0.581. The molecule has 1 spiro atoms. The number of hydrazone groups is 1. The van der Waals surface area contributed by atoms with E-state index in [1.54, 1.807) is 0 Å². The molecule has 1 aliphatic heterocycles. The van der Waals surface area contributed by atoms with Gasteiger partial charge in [-0.3, -0.25) is 4.79 Å². The third-order valence-corrected chi connectivity index (χ3v) is 5.62. The van der Waals surface area contributed by atoms with E-state index in [1.807, 2.05) is 48.5 Å². The summed E-state index contributed by atoms with van der Waals surface area (Å²) < 4.78 is 5.76. The molecule has 2 fully saturated rings. The molecule has 150 valence electrons. The highest BCUT2D eigenvalue weighted by atomic mass is 35.5. The lowest BCUT2D eigenvalue weighted by Crippen LogP contribution is -2.48. The highest BCUT2D eigenvalue weighted by Gasteiger charge is 2.51. The molecule has 2 aromatic rings. The Kier molecular flexibility index (Phi) is 5.53. The smallest absolute Gasteiger partial charge is 0.346 e. The molecule has 7 heteroatoms. The lowest BCUT2D eigenvalue weighted by atomic mass is 9.82. The van der Waals surface area contributed by atoms with Gasteiger partial charge in [0.15, 0.2) is 0 Å². The highest BCUT2D eigenvalue weighted by Crippen LogP contribution is 2.33. The van der Waals surface area contributed by atoms with Crippen molar-refractivity contribution in [1.82, 2.24) is 10.3 Å². The van der Waals surface area contributed by atoms with Crippen molar-refractivity contribution in [2.45, 2.75) is 44.2 Å². The van der Waals surface area contributed by atoms with Crippen LogP contribution < -0.4 is 10.1 Å². The normalized spacial score (nSPS) is 18.4. The lowest BCUT2D eigenvalue weighted by molar-refractivity contribution is -0.132. The number of rotatable bonds is 5. The van der Waals surface area contributed by atoms with Gasteiger partial charge in [-0.1, -0.05) is 43.0 Å². The molecule has 1 heterocycles. The summed E-state index contributed by atoms with van der Waals surface area (Å²) in [6.45, 7) is 0.440. The van der Waals surface area contributed by atoms with Crippen molar-refractivity contribution in [2.75, 3.05) is 0 Å². The molecule has 6 nitrogen and oxygen atoms in total. The summed E-state index contributed by atoms with van der Waals surface area (Å²) in [5.74, 6) is 0.467. The first-order valence-electron chi connectivity index (χ1n) is 9.74. The van der Waals surface area contributed by atoms with Crippen LogP contribution in [0.5, 0.6) is 5.75 Å². The summed E-state index contributed by atoms with van der Waals surface area (Å²) in [7, 11) is 0. The van der Waals surface area contributed by atoms with Crippen LogP contribution in [-0.4, -0.2) is 28.7 Å². The number of benzene rings is 2. The molecule has 3 amide bonds. The third kappa shape index (κ3) is 4.27. The topological polar surface area (TPSA) is 71.0 Å². The maximum absolute atomic E-state index is 12.7. The number of carbonyl (C=O) groups excluding carboxylic acids is 2. The zero-order chi connectivity index (χ0) is 20.3. The van der Waals surface area contributed by atoms with E-state index in [1.165, 1.54) is 6.21 Å². The van der Waals surface area contributed by atoms with Gasteiger partial charge >= 0.3 is 6.03 Å². The molecule has 0 unspecified atom stereocenters. The summed E-state index contributed by atoms with van der Waals surface area (Å²) in [5.41, 5.74) is 1.04. The van der Waals surface area contributed by atoms with Gasteiger partial charge in [-0.25, -0.2) is 4.79 Å². The van der Waals surface area contributed by atoms with Crippen LogP contribution in [0.3, 0.4) is 0 Å². The third-order valence-electron chi connectivity index (χ3n) is 5.37. The number of nitrogens with one attached hydrogen (secondary N) is 1. The fraction of sp³-hybridized carbons (Fsp3) is 0.318. The van der Waals surface area contributed by atoms with E-state index in [2.05, 4.69) is 10.4 Å². The SMILES string of the molecule is O=C1NC2(CCCCC2)C(=O)N1/N=C\c1ccc(OCc2ccc(Cl)cc2)cc1. The molecule has 0 radical (unpaired) electrons. The maximum Gasteiger partial charge on any atom is 0.346 e. The Balaban J connectivity index is 1.37. The Labute approximate surface area is 174 Å². The number of carbonyl (C=O) groups is 2. The van der Waals surface area contributed by atoms with Gasteiger partial charge in [-0.05, 0) is 60.4 Å². The van der Waals surface area contributed by atoms with Crippen molar-refractivity contribution in [2.24, 2.45) is 5.10 Å². The number of hydrogen-bond donors (Lipinski definition) is 1. The Morgan fingerprint density at radius 2 is 1.72 bits per heavy atom. The number of halogens is 1. The van der Waals surface area contributed by atoms with Gasteiger partial charge in [0, 0.05) is 5.02 Å². The molecular formula is C22H22ClN3O3. The molecule has 0 atom stereocenters. The summed E-state index contributed by atoms with van der Waals surface area (Å²) in [5, 5.41) is 8.62. The molecule has 1 saturated heterocycles. The van der Waals surface area contributed by atoms with Crippen LogP contribution in [0.2, 0.25) is 5.02 Å². The summed E-state index contributed by atoms with van der Waals surface area (Å²) in [6, 6.07) is 14.3. The van der Waals surface area contributed by atoms with E-state index in [-0.39, 0.29) is 5.91 Å². The fourth-order valence-corrected chi connectivity index (χ4v) is 3.85. The second kappa shape index (κ2) is 8.25. The zero-order valence-electron chi connectivity index (χ0n) is 15.9. The number of ether oxygens (including phenoxy) is 1. The second-order valence-corrected chi connectivity index (χ2v) is 7.86. The summed E-state index contributed by atoms with van der Waals surface area (Å²) in [4.78, 5) is 24.9. The van der Waals surface area contributed by atoms with Crippen molar-refractivity contribution in [3.63, 3.8) is 0 Å². The van der Waals surface area contributed by atoms with Gasteiger partial charge in [0.25, 0.3) is 5.91 Å². The first kappa shape index (κ1) is 19.5. The van der Waals surface area contributed by atoms with E-state index >= 15 is 0 Å². The fourth-order valence-electron chi connectivity index (χ4n) is 3.73. The Hall–Kier alpha value is -2.86. The van der Waals surface area contributed by atoms with Crippen LogP contribution in [0.15, 0.2) is 53.6 Å². The monoisotopic (exact) mass is 411 g/mol. The number of nitrogens with zero attached hydrogens (tertiary/aromatic N) is 2. The molecule has 0 aromatic heterocycles. The van der Waals surface area contributed by atoms with E-state index in [9.17, 15) is 9.59 Å². The Bertz CT molecular complexity index is 919. The zero-order valence-corrected chi connectivity index (χ0v) is 16.7. The molecule has 1 N–H and O–H groups in total. The Morgan fingerprint density at radius 3 is 2.41 bits per heavy atom. The first-order chi connectivity index (χ1) is 14.1. The van der Waals surface area contributed by atoms with Crippen LogP contribution in [-0.2, 0) is 11.4 Å². The van der Waals surface area contributed by atoms with Gasteiger partial charge in [0.05, 0.1) is 6.21 Å². The summed E-state index contributed by atoms with van der Waals surface area (Å²) >= 11 is 5.88. The first-order valence-corrected chi connectivity index (χ1v) is 10.1. The Morgan fingerprint density at radius 1 is 1.03 bits per heavy atom. The maximum atomic E-state index is 12.7. The highest BCUT2D eigenvalue weighted by molar-refractivity contribution is 6.30. The van der Waals surface area contributed by atoms with Crippen molar-refractivity contribution < 1.29 is 14.3 Å². The van der Waals surface area contributed by atoms with E-state index < -0.39 is 11.6 Å². The van der Waals surface area contributed by atoms with E-state index in [0.717, 1.165) is 35.4 Å². The van der Waals surface area contributed by atoms with Crippen molar-refractivity contribution >= 4 is 29.8 Å². The van der Waals surface area contributed by atoms with Crippen molar-refractivity contribution in [1.29, 1.82) is 0 Å². The van der Waals surface area contributed by atoms with Gasteiger partial charge in [-0.15, -0.1) is 5.01 Å². The van der Waals surface area contributed by atoms with Gasteiger partial charge < -0.3 is 10.1 Å². The molecule has 4 rings (SSSR count). The average molecular weight is 412 g/mol. The predicted molar refractivity (Wildman–Crippen MR) is 111 cm³/mol. The second-order valence-electron chi connectivity index (χ2n) is 7.42. The van der Waals surface area contributed by atoms with Gasteiger partial charge in [-0.2, -0.15) is 5.10 Å². The van der Waals surface area contributed by atoms with Crippen molar-refractivity contribution in [3.8, 4) is 5.75 Å². The van der Waals surface area contributed by atoms with E-state index in [0.29, 0.717) is 30.2 Å². The molecule has 1 aliphatic carbocycles. The largest absolute Gasteiger partial charge is 0.489 e. The predicted octanol–water partition coefficient (Wildman–Crippen LogP) is 4.51. The minimum atomic E-state index is -0.758. The number of amides is 3. The number of imide groups is 1. The number of hydrogen-bond acceptors (Lipinski definition) is 4. The average Bonchev–Trinajstić information content (AvgIpc) is 2.96. The molecular weight excluding hydrogens is 390 g/mol. The molecule has 0 bridgehead atoms. The minimum Gasteiger partial charge on any atom is -0.489 e. The van der Waals surface area contributed by atoms with Crippen LogP contribution in [0, 0.1) is 0 Å². The standard InChI is InChI=1S/C22H22ClN3O3/c23-18-8-4-17(5-9-18)15-29-19-10-6-16(7-11-19)14-24-26-20(27)22(25-21(26)28)12-2-1-3-13-22/h4-11,14H,1-3,12-13,15H2,(H,25,28)/b24-14-. The van der Waals surface area contributed by atoms with Crippen LogP contribution in [0.25, 0.3) is 0 Å². The molecule has 2 aromatic carbocycles. The molecule has 29 heavy (non-hydrogen) atoms. The van der Waals surface area contributed by atoms with Crippen LogP contribution in [0.4, 0.5) is 4.79 Å². The van der Waals surface area contributed by atoms with Crippen LogP contribution in [0.1, 0.15) is 43.2 Å². The van der Waals surface area contributed by atoms with Crippen LogP contribution >= 0.6 is 11.6 Å². The lowest BCUT2D eigenvalue weighted by Gasteiger charge is -2.29. The van der Waals surface area contributed by atoms with Gasteiger partial charge in [0.2, 0.25) is 0 Å². The van der Waals surface area contributed by atoms with Crippen molar-refractivity contribution in [3.05, 3.63) is 64.7 Å². The number of urea groups is 1. The van der Waals surface area contributed by atoms with Gasteiger partial charge in [0.1, 0.15) is 17.9 Å². The molecule has 1 saturated carbocycles. The molecule has 2 aliphatic rings. The summed E-state index contributed by atoms with van der Waals surface area (Å²) in [6.07, 6.45) is 5.87.